The largest absolute Gasteiger partial charge is 0.433 e. The van der Waals surface area contributed by atoms with Gasteiger partial charge >= 0.3 is 12.2 Å². The summed E-state index contributed by atoms with van der Waals surface area (Å²) in [4.78, 5) is 30.5. The summed E-state index contributed by atoms with van der Waals surface area (Å²) in [6.45, 7) is 4.44. The molecule has 2 aromatic rings. The van der Waals surface area contributed by atoms with Crippen LogP contribution in [0.15, 0.2) is 47.7 Å². The number of pyridine rings is 1. The fourth-order valence-corrected chi connectivity index (χ4v) is 4.01. The van der Waals surface area contributed by atoms with Gasteiger partial charge in [0, 0.05) is 19.2 Å². The first-order valence-corrected chi connectivity index (χ1v) is 10.7. The Labute approximate surface area is 189 Å². The van der Waals surface area contributed by atoms with Gasteiger partial charge in [0.2, 0.25) is 5.91 Å². The maximum absolute atomic E-state index is 12.9. The van der Waals surface area contributed by atoms with Gasteiger partial charge in [-0.1, -0.05) is 35.9 Å². The van der Waals surface area contributed by atoms with Gasteiger partial charge in [-0.3, -0.25) is 9.78 Å². The standard InChI is InChI=1S/C23H24F3N5O2/c1-14-5-7-16(8-6-14)21-18(30-11-3-4-20(30)32)13-31(29-21)22(33)28-15(2)17-9-10-19(27-12-17)23(24,25)26/h5-10,12,15,18H,3-4,11,13H2,1-2H3,(H,28,33)/t15-,18?/m1/s1. The minimum atomic E-state index is -4.52. The topological polar surface area (TPSA) is 77.9 Å². The number of hydrazone groups is 1. The summed E-state index contributed by atoms with van der Waals surface area (Å²) in [5.41, 5.74) is 2.00. The number of rotatable bonds is 4. The molecule has 4 rings (SSSR count). The lowest BCUT2D eigenvalue weighted by atomic mass is 10.0. The predicted octanol–water partition coefficient (Wildman–Crippen LogP) is 3.89. The molecule has 1 aromatic heterocycles. The summed E-state index contributed by atoms with van der Waals surface area (Å²) in [5.74, 6) is 0.0336. The zero-order chi connectivity index (χ0) is 23.8. The van der Waals surface area contributed by atoms with E-state index in [1.807, 2.05) is 31.2 Å². The molecule has 1 N–H and O–H groups in total. The Morgan fingerprint density at radius 1 is 1.18 bits per heavy atom. The van der Waals surface area contributed by atoms with Crippen LogP contribution in [-0.4, -0.2) is 51.7 Å². The first kappa shape index (κ1) is 22.8. The van der Waals surface area contributed by atoms with Crippen molar-refractivity contribution in [3.05, 3.63) is 65.0 Å². The van der Waals surface area contributed by atoms with Gasteiger partial charge in [0.15, 0.2) is 0 Å². The van der Waals surface area contributed by atoms with Crippen molar-refractivity contribution in [1.29, 1.82) is 0 Å². The van der Waals surface area contributed by atoms with Crippen LogP contribution in [0.2, 0.25) is 0 Å². The summed E-state index contributed by atoms with van der Waals surface area (Å²) < 4.78 is 38.2. The number of amides is 3. The van der Waals surface area contributed by atoms with E-state index in [0.717, 1.165) is 29.8 Å². The quantitative estimate of drug-likeness (QED) is 0.754. The van der Waals surface area contributed by atoms with E-state index in [4.69, 9.17) is 0 Å². The van der Waals surface area contributed by atoms with E-state index in [9.17, 15) is 22.8 Å². The van der Waals surface area contributed by atoms with Gasteiger partial charge in [-0.05, 0) is 37.5 Å². The van der Waals surface area contributed by atoms with E-state index >= 15 is 0 Å². The number of hydrogen-bond donors (Lipinski definition) is 1. The molecule has 10 heteroatoms. The van der Waals surface area contributed by atoms with Crippen molar-refractivity contribution in [2.45, 2.75) is 44.9 Å². The highest BCUT2D eigenvalue weighted by Crippen LogP contribution is 2.28. The number of likely N-dealkylation sites (tertiary alicyclic amines) is 1. The van der Waals surface area contributed by atoms with Crippen LogP contribution < -0.4 is 5.32 Å². The number of nitrogens with one attached hydrogen (secondary N) is 1. The van der Waals surface area contributed by atoms with Crippen LogP contribution in [0.1, 0.15) is 48.2 Å². The SMILES string of the molecule is Cc1ccc(C2=NN(C(=O)N[C@H](C)c3ccc(C(F)(F)F)nc3)CC2N2CCCC2=O)cc1. The van der Waals surface area contributed by atoms with Crippen molar-refractivity contribution >= 4 is 17.6 Å². The first-order valence-electron chi connectivity index (χ1n) is 10.7. The number of hydrogen-bond acceptors (Lipinski definition) is 4. The third kappa shape index (κ3) is 4.84. The summed E-state index contributed by atoms with van der Waals surface area (Å²) in [5, 5.41) is 8.55. The van der Waals surface area contributed by atoms with E-state index in [2.05, 4.69) is 15.4 Å². The lowest BCUT2D eigenvalue weighted by Gasteiger charge is -2.25. The second-order valence-electron chi connectivity index (χ2n) is 8.29. The number of carbonyl (C=O) groups excluding carboxylic acids is 2. The number of aryl methyl sites for hydroxylation is 1. The maximum atomic E-state index is 12.9. The second kappa shape index (κ2) is 8.84. The lowest BCUT2D eigenvalue weighted by molar-refractivity contribution is -0.141. The monoisotopic (exact) mass is 459 g/mol. The average molecular weight is 459 g/mol. The first-order chi connectivity index (χ1) is 15.6. The molecule has 3 heterocycles. The molecule has 2 aliphatic heterocycles. The molecule has 3 amide bonds. The molecule has 1 unspecified atom stereocenters. The van der Waals surface area contributed by atoms with Crippen molar-refractivity contribution in [2.75, 3.05) is 13.1 Å². The molecular formula is C23H24F3N5O2. The molecule has 0 spiro atoms. The smallest absolute Gasteiger partial charge is 0.332 e. The fraction of sp³-hybridized carbons (Fsp3) is 0.391. The number of benzene rings is 1. The van der Waals surface area contributed by atoms with Gasteiger partial charge in [0.25, 0.3) is 0 Å². The third-order valence-corrected chi connectivity index (χ3v) is 5.87. The molecule has 1 aromatic carbocycles. The molecule has 0 aliphatic carbocycles. The number of urea groups is 1. The number of carbonyl (C=O) groups is 2. The molecule has 2 atom stereocenters. The summed E-state index contributed by atoms with van der Waals surface area (Å²) in [6, 6.07) is 8.47. The van der Waals surface area contributed by atoms with Gasteiger partial charge in [0.05, 0.1) is 24.3 Å². The molecule has 0 bridgehead atoms. The Bertz CT molecular complexity index is 1070. The van der Waals surface area contributed by atoms with Gasteiger partial charge in [-0.15, -0.1) is 0 Å². The highest BCUT2D eigenvalue weighted by atomic mass is 19.4. The fourth-order valence-electron chi connectivity index (χ4n) is 4.01. The molecule has 0 saturated carbocycles. The van der Waals surface area contributed by atoms with E-state index in [1.165, 1.54) is 11.1 Å². The number of nitrogens with zero attached hydrogens (tertiary/aromatic N) is 4. The van der Waals surface area contributed by atoms with Gasteiger partial charge in [0.1, 0.15) is 5.69 Å². The summed E-state index contributed by atoms with van der Waals surface area (Å²) in [7, 11) is 0. The molecular weight excluding hydrogens is 435 g/mol. The average Bonchev–Trinajstić information content (AvgIpc) is 3.40. The van der Waals surface area contributed by atoms with Crippen molar-refractivity contribution < 1.29 is 22.8 Å². The van der Waals surface area contributed by atoms with Gasteiger partial charge < -0.3 is 10.2 Å². The highest BCUT2D eigenvalue weighted by Gasteiger charge is 2.39. The Morgan fingerprint density at radius 2 is 1.91 bits per heavy atom. The van der Waals surface area contributed by atoms with Crippen LogP contribution in [0.25, 0.3) is 0 Å². The lowest BCUT2D eigenvalue weighted by Crippen LogP contribution is -2.46. The number of alkyl halides is 3. The predicted molar refractivity (Wildman–Crippen MR) is 115 cm³/mol. The molecule has 1 saturated heterocycles. The van der Waals surface area contributed by atoms with Crippen molar-refractivity contribution in [3.8, 4) is 0 Å². The zero-order valence-corrected chi connectivity index (χ0v) is 18.3. The second-order valence-corrected chi connectivity index (χ2v) is 8.29. The minimum absolute atomic E-state index is 0.0336. The normalized spacial score (nSPS) is 19.6. The maximum Gasteiger partial charge on any atom is 0.433 e. The van der Waals surface area contributed by atoms with Gasteiger partial charge in [-0.25, -0.2) is 9.80 Å². The van der Waals surface area contributed by atoms with E-state index in [1.54, 1.807) is 11.8 Å². The molecule has 1 fully saturated rings. The summed E-state index contributed by atoms with van der Waals surface area (Å²) in [6.07, 6.45) is -2.18. The number of halogens is 3. The van der Waals surface area contributed by atoms with Crippen molar-refractivity contribution in [1.82, 2.24) is 20.2 Å². The van der Waals surface area contributed by atoms with Crippen molar-refractivity contribution in [3.63, 3.8) is 0 Å². The van der Waals surface area contributed by atoms with E-state index in [-0.39, 0.29) is 18.5 Å². The molecule has 7 nitrogen and oxygen atoms in total. The van der Waals surface area contributed by atoms with Crippen LogP contribution >= 0.6 is 0 Å². The molecule has 33 heavy (non-hydrogen) atoms. The minimum Gasteiger partial charge on any atom is -0.332 e. The molecule has 174 valence electrons. The Hall–Kier alpha value is -3.43. The number of aromatic nitrogens is 1. The Kier molecular flexibility index (Phi) is 6.09. The third-order valence-electron chi connectivity index (χ3n) is 5.87. The highest BCUT2D eigenvalue weighted by molar-refractivity contribution is 6.08. The van der Waals surface area contributed by atoms with Crippen molar-refractivity contribution in [2.24, 2.45) is 5.10 Å². The van der Waals surface area contributed by atoms with Crippen LogP contribution in [0, 0.1) is 6.92 Å². The van der Waals surface area contributed by atoms with Crippen LogP contribution in [0.5, 0.6) is 0 Å². The molecule has 0 radical (unpaired) electrons. The van der Waals surface area contributed by atoms with Crippen LogP contribution in [-0.2, 0) is 11.0 Å². The zero-order valence-electron chi connectivity index (χ0n) is 18.3. The summed E-state index contributed by atoms with van der Waals surface area (Å²) >= 11 is 0. The molecule has 2 aliphatic rings. The van der Waals surface area contributed by atoms with Crippen LogP contribution in [0.4, 0.5) is 18.0 Å². The van der Waals surface area contributed by atoms with Crippen LogP contribution in [0.3, 0.4) is 0 Å². The van der Waals surface area contributed by atoms with E-state index < -0.39 is 23.9 Å². The Balaban J connectivity index is 1.52. The van der Waals surface area contributed by atoms with Gasteiger partial charge in [-0.2, -0.15) is 18.3 Å². The van der Waals surface area contributed by atoms with E-state index in [0.29, 0.717) is 24.2 Å². The Morgan fingerprint density at radius 3 is 2.48 bits per heavy atom.